The van der Waals surface area contributed by atoms with Crippen molar-refractivity contribution in [2.24, 2.45) is 5.73 Å². The number of hydrogen-bond acceptors (Lipinski definition) is 4. The molecule has 0 fully saturated rings. The van der Waals surface area contributed by atoms with Gasteiger partial charge < -0.3 is 5.73 Å². The van der Waals surface area contributed by atoms with E-state index in [2.05, 4.69) is 15.6 Å². The van der Waals surface area contributed by atoms with Crippen LogP contribution in [0.15, 0.2) is 17.8 Å². The molecule has 2 aromatic heterocycles. The predicted octanol–water partition coefficient (Wildman–Crippen LogP) is 1.59. The van der Waals surface area contributed by atoms with Gasteiger partial charge in [0.15, 0.2) is 4.96 Å². The largest absolute Gasteiger partial charge is 0.330 e. The molecule has 0 radical (unpaired) electrons. The molecular formula is C8H11N3S2. The Morgan fingerprint density at radius 2 is 2.54 bits per heavy atom. The lowest BCUT2D eigenvalue weighted by atomic mass is 10.6. The van der Waals surface area contributed by atoms with E-state index in [4.69, 9.17) is 5.73 Å². The molecule has 0 saturated heterocycles. The SMILES string of the molecule is NCCSCc1cn2ccsc2n1. The van der Waals surface area contributed by atoms with Crippen LogP contribution in [0.3, 0.4) is 0 Å². The molecule has 0 amide bonds. The average Bonchev–Trinajstić information content (AvgIpc) is 2.64. The maximum atomic E-state index is 5.40. The highest BCUT2D eigenvalue weighted by molar-refractivity contribution is 7.98. The van der Waals surface area contributed by atoms with Crippen molar-refractivity contribution < 1.29 is 0 Å². The zero-order valence-corrected chi connectivity index (χ0v) is 8.77. The van der Waals surface area contributed by atoms with Gasteiger partial charge in [0.25, 0.3) is 0 Å². The highest BCUT2D eigenvalue weighted by Crippen LogP contribution is 2.15. The van der Waals surface area contributed by atoms with Crippen LogP contribution in [0, 0.1) is 0 Å². The minimum atomic E-state index is 0.743. The Balaban J connectivity index is 2.03. The molecule has 13 heavy (non-hydrogen) atoms. The molecule has 3 nitrogen and oxygen atoms in total. The van der Waals surface area contributed by atoms with Crippen molar-refractivity contribution in [3.8, 4) is 0 Å². The molecule has 2 N–H and O–H groups in total. The summed E-state index contributed by atoms with van der Waals surface area (Å²) >= 11 is 3.49. The van der Waals surface area contributed by atoms with Gasteiger partial charge in [-0.25, -0.2) is 4.98 Å². The summed E-state index contributed by atoms with van der Waals surface area (Å²) in [5, 5.41) is 2.04. The number of rotatable bonds is 4. The van der Waals surface area contributed by atoms with E-state index in [1.54, 1.807) is 11.3 Å². The number of nitrogens with zero attached hydrogens (tertiary/aromatic N) is 2. The number of thiazole rings is 1. The fourth-order valence-electron chi connectivity index (χ4n) is 1.11. The first-order valence-electron chi connectivity index (χ1n) is 4.09. The number of aromatic nitrogens is 2. The van der Waals surface area contributed by atoms with E-state index in [0.717, 1.165) is 28.7 Å². The van der Waals surface area contributed by atoms with Crippen molar-refractivity contribution in [3.63, 3.8) is 0 Å². The summed E-state index contributed by atoms with van der Waals surface area (Å²) < 4.78 is 2.06. The lowest BCUT2D eigenvalue weighted by molar-refractivity contribution is 1.14. The second-order valence-electron chi connectivity index (χ2n) is 2.67. The van der Waals surface area contributed by atoms with Crippen LogP contribution in [0.25, 0.3) is 4.96 Å². The normalized spacial score (nSPS) is 11.2. The van der Waals surface area contributed by atoms with Crippen LogP contribution in [-0.4, -0.2) is 21.7 Å². The minimum absolute atomic E-state index is 0.743. The third-order valence-electron chi connectivity index (χ3n) is 1.66. The summed E-state index contributed by atoms with van der Waals surface area (Å²) in [6.07, 6.45) is 4.11. The van der Waals surface area contributed by atoms with Crippen LogP contribution in [0.5, 0.6) is 0 Å². The van der Waals surface area contributed by atoms with E-state index in [9.17, 15) is 0 Å². The zero-order valence-electron chi connectivity index (χ0n) is 7.14. The van der Waals surface area contributed by atoms with E-state index in [1.807, 2.05) is 23.3 Å². The second-order valence-corrected chi connectivity index (χ2v) is 4.64. The topological polar surface area (TPSA) is 43.3 Å². The lowest BCUT2D eigenvalue weighted by Gasteiger charge is -1.93. The molecule has 0 aromatic carbocycles. The fraction of sp³-hybridized carbons (Fsp3) is 0.375. The maximum Gasteiger partial charge on any atom is 0.193 e. The average molecular weight is 213 g/mol. The zero-order chi connectivity index (χ0) is 9.10. The Bertz CT molecular complexity index is 351. The van der Waals surface area contributed by atoms with Gasteiger partial charge in [-0.15, -0.1) is 11.3 Å². The van der Waals surface area contributed by atoms with E-state index in [-0.39, 0.29) is 0 Å². The Morgan fingerprint density at radius 3 is 3.31 bits per heavy atom. The molecule has 0 bridgehead atoms. The third kappa shape index (κ3) is 2.04. The van der Waals surface area contributed by atoms with Gasteiger partial charge >= 0.3 is 0 Å². The Morgan fingerprint density at radius 1 is 1.62 bits per heavy atom. The summed E-state index contributed by atoms with van der Waals surface area (Å²) in [6.45, 7) is 0.743. The van der Waals surface area contributed by atoms with Gasteiger partial charge in [0.2, 0.25) is 0 Å². The molecule has 2 heterocycles. The Labute approximate surface area is 85.0 Å². The summed E-state index contributed by atoms with van der Waals surface area (Å²) in [7, 11) is 0. The van der Waals surface area contributed by atoms with E-state index in [0.29, 0.717) is 0 Å². The summed E-state index contributed by atoms with van der Waals surface area (Å²) in [6, 6.07) is 0. The van der Waals surface area contributed by atoms with Gasteiger partial charge in [-0.2, -0.15) is 11.8 Å². The van der Waals surface area contributed by atoms with Gasteiger partial charge in [0.1, 0.15) is 0 Å². The molecule has 70 valence electrons. The molecule has 5 heteroatoms. The van der Waals surface area contributed by atoms with Crippen LogP contribution in [0.2, 0.25) is 0 Å². The van der Waals surface area contributed by atoms with E-state index < -0.39 is 0 Å². The van der Waals surface area contributed by atoms with Crippen molar-refractivity contribution in [2.45, 2.75) is 5.75 Å². The molecule has 0 atom stereocenters. The number of fused-ring (bicyclic) bond motifs is 1. The van der Waals surface area contributed by atoms with Gasteiger partial charge in [0, 0.05) is 35.8 Å². The molecule has 0 aliphatic rings. The monoisotopic (exact) mass is 213 g/mol. The summed E-state index contributed by atoms with van der Waals surface area (Å²) in [5.41, 5.74) is 6.55. The molecule has 0 spiro atoms. The van der Waals surface area contributed by atoms with Crippen LogP contribution < -0.4 is 5.73 Å². The van der Waals surface area contributed by atoms with Crippen LogP contribution in [-0.2, 0) is 5.75 Å². The van der Waals surface area contributed by atoms with E-state index >= 15 is 0 Å². The molecular weight excluding hydrogens is 202 g/mol. The minimum Gasteiger partial charge on any atom is -0.330 e. The molecule has 0 aliphatic carbocycles. The highest BCUT2D eigenvalue weighted by Gasteiger charge is 2.01. The lowest BCUT2D eigenvalue weighted by Crippen LogP contribution is -2.01. The molecule has 0 unspecified atom stereocenters. The number of hydrogen-bond donors (Lipinski definition) is 1. The van der Waals surface area contributed by atoms with Gasteiger partial charge in [0.05, 0.1) is 5.69 Å². The van der Waals surface area contributed by atoms with Crippen LogP contribution in [0.4, 0.5) is 0 Å². The molecule has 0 aliphatic heterocycles. The Hall–Kier alpha value is -0.520. The van der Waals surface area contributed by atoms with Crippen molar-refractivity contribution in [3.05, 3.63) is 23.5 Å². The van der Waals surface area contributed by atoms with Crippen LogP contribution in [0.1, 0.15) is 5.69 Å². The van der Waals surface area contributed by atoms with Crippen molar-refractivity contribution in [1.82, 2.24) is 9.38 Å². The van der Waals surface area contributed by atoms with Crippen LogP contribution >= 0.6 is 23.1 Å². The molecule has 0 saturated carbocycles. The number of imidazole rings is 1. The van der Waals surface area contributed by atoms with Gasteiger partial charge in [-0.1, -0.05) is 0 Å². The summed E-state index contributed by atoms with van der Waals surface area (Å²) in [5.74, 6) is 1.97. The third-order valence-corrected chi connectivity index (χ3v) is 3.45. The fourth-order valence-corrected chi connectivity index (χ4v) is 2.48. The first-order valence-corrected chi connectivity index (χ1v) is 6.12. The predicted molar refractivity (Wildman–Crippen MR) is 58.3 cm³/mol. The number of nitrogens with two attached hydrogens (primary N) is 1. The Kier molecular flexibility index (Phi) is 2.87. The van der Waals surface area contributed by atoms with Crippen molar-refractivity contribution in [1.29, 1.82) is 0 Å². The van der Waals surface area contributed by atoms with Crippen molar-refractivity contribution >= 4 is 28.1 Å². The van der Waals surface area contributed by atoms with Crippen molar-refractivity contribution in [2.75, 3.05) is 12.3 Å². The number of thioether (sulfide) groups is 1. The summed E-state index contributed by atoms with van der Waals surface area (Å²) in [4.78, 5) is 5.54. The second kappa shape index (κ2) is 4.13. The maximum absolute atomic E-state index is 5.40. The first kappa shape index (κ1) is 9.05. The highest BCUT2D eigenvalue weighted by atomic mass is 32.2. The smallest absolute Gasteiger partial charge is 0.193 e. The van der Waals surface area contributed by atoms with Gasteiger partial charge in [-0.05, 0) is 0 Å². The molecule has 2 aromatic rings. The first-order chi connectivity index (χ1) is 6.40. The molecule has 2 rings (SSSR count). The van der Waals surface area contributed by atoms with Gasteiger partial charge in [-0.3, -0.25) is 4.40 Å². The standard InChI is InChI=1S/C8H11N3S2/c9-1-3-12-6-7-5-11-2-4-13-8(11)10-7/h2,4-5H,1,3,6,9H2. The van der Waals surface area contributed by atoms with E-state index in [1.165, 1.54) is 0 Å². The quantitative estimate of drug-likeness (QED) is 0.784.